The highest BCUT2D eigenvalue weighted by atomic mass is 19.1. The zero-order chi connectivity index (χ0) is 21.5. The van der Waals surface area contributed by atoms with Crippen LogP contribution in [0.5, 0.6) is 0 Å². The van der Waals surface area contributed by atoms with Crippen molar-refractivity contribution in [2.24, 2.45) is 5.92 Å². The van der Waals surface area contributed by atoms with Gasteiger partial charge in [-0.1, -0.05) is 19.9 Å². The first-order valence-corrected chi connectivity index (χ1v) is 10.4. The van der Waals surface area contributed by atoms with Crippen LogP contribution in [0.15, 0.2) is 47.1 Å². The number of hydrogen-bond donors (Lipinski definition) is 0. The first kappa shape index (κ1) is 22.0. The van der Waals surface area contributed by atoms with Gasteiger partial charge in [0.25, 0.3) is 5.91 Å². The highest BCUT2D eigenvalue weighted by Gasteiger charge is 2.27. The maximum absolute atomic E-state index is 13.6. The highest BCUT2D eigenvalue weighted by Crippen LogP contribution is 2.17. The molecule has 1 aromatic carbocycles. The number of benzene rings is 1. The molecular weight excluding hydrogens is 387 g/mol. The molecular formula is C23H29FN2O4. The second-order valence-corrected chi connectivity index (χ2v) is 8.08. The summed E-state index contributed by atoms with van der Waals surface area (Å²) in [5, 5.41) is 0. The maximum atomic E-state index is 13.6. The van der Waals surface area contributed by atoms with Gasteiger partial charge in [-0.05, 0) is 49.1 Å². The molecule has 1 aliphatic heterocycles. The molecule has 1 atom stereocenters. The summed E-state index contributed by atoms with van der Waals surface area (Å²) in [6.45, 7) is 5.73. The smallest absolute Gasteiger partial charge is 0.254 e. The lowest BCUT2D eigenvalue weighted by molar-refractivity contribution is -0.134. The van der Waals surface area contributed by atoms with E-state index in [0.29, 0.717) is 32.0 Å². The lowest BCUT2D eigenvalue weighted by Crippen LogP contribution is -2.46. The first-order valence-electron chi connectivity index (χ1n) is 10.4. The molecule has 6 nitrogen and oxygen atoms in total. The minimum atomic E-state index is -0.477. The monoisotopic (exact) mass is 416 g/mol. The minimum absolute atomic E-state index is 0.0126. The molecule has 0 aliphatic carbocycles. The van der Waals surface area contributed by atoms with E-state index in [1.54, 1.807) is 23.3 Å². The van der Waals surface area contributed by atoms with Gasteiger partial charge in [-0.25, -0.2) is 4.39 Å². The Morgan fingerprint density at radius 2 is 2.03 bits per heavy atom. The van der Waals surface area contributed by atoms with Gasteiger partial charge < -0.3 is 19.0 Å². The van der Waals surface area contributed by atoms with Crippen molar-refractivity contribution >= 4 is 11.8 Å². The van der Waals surface area contributed by atoms with Crippen LogP contribution in [-0.2, 0) is 16.1 Å². The molecule has 1 aromatic heterocycles. The summed E-state index contributed by atoms with van der Waals surface area (Å²) in [7, 11) is 0. The van der Waals surface area contributed by atoms with Crippen molar-refractivity contribution in [3.8, 4) is 0 Å². The van der Waals surface area contributed by atoms with Crippen LogP contribution in [0.2, 0.25) is 0 Å². The van der Waals surface area contributed by atoms with Crippen molar-refractivity contribution in [2.75, 3.05) is 26.2 Å². The molecule has 7 heteroatoms. The van der Waals surface area contributed by atoms with E-state index in [1.165, 1.54) is 23.1 Å². The molecule has 2 amide bonds. The highest BCUT2D eigenvalue weighted by molar-refractivity contribution is 5.96. The lowest BCUT2D eigenvalue weighted by Gasteiger charge is -2.29. The van der Waals surface area contributed by atoms with Gasteiger partial charge in [0.2, 0.25) is 5.91 Å². The molecule has 0 radical (unpaired) electrons. The van der Waals surface area contributed by atoms with Crippen LogP contribution in [-0.4, -0.2) is 54.0 Å². The second kappa shape index (κ2) is 10.4. The Labute approximate surface area is 176 Å². The van der Waals surface area contributed by atoms with Gasteiger partial charge in [-0.15, -0.1) is 0 Å². The summed E-state index contributed by atoms with van der Waals surface area (Å²) in [5.41, 5.74) is 0.236. The third kappa shape index (κ3) is 6.16. The number of furan rings is 1. The number of amides is 2. The summed E-state index contributed by atoms with van der Waals surface area (Å²) < 4.78 is 24.7. The fourth-order valence-electron chi connectivity index (χ4n) is 3.61. The van der Waals surface area contributed by atoms with E-state index >= 15 is 0 Å². The molecule has 1 aliphatic rings. The molecule has 1 saturated heterocycles. The van der Waals surface area contributed by atoms with Gasteiger partial charge in [0, 0.05) is 25.3 Å². The molecule has 0 unspecified atom stereocenters. The van der Waals surface area contributed by atoms with Crippen molar-refractivity contribution in [1.29, 1.82) is 0 Å². The Morgan fingerprint density at radius 3 is 2.67 bits per heavy atom. The summed E-state index contributed by atoms with van der Waals surface area (Å²) in [4.78, 5) is 29.4. The first-order chi connectivity index (χ1) is 14.4. The SMILES string of the molecule is CC(C)CN(CC(=O)N(Cc1ccco1)C[C@@H]1CCCO1)C(=O)c1cccc(F)c1. The minimum Gasteiger partial charge on any atom is -0.467 e. The quantitative estimate of drug-likeness (QED) is 0.625. The van der Waals surface area contributed by atoms with E-state index in [2.05, 4.69) is 0 Å². The third-order valence-corrected chi connectivity index (χ3v) is 5.00. The lowest BCUT2D eigenvalue weighted by atomic mass is 10.1. The van der Waals surface area contributed by atoms with Gasteiger partial charge >= 0.3 is 0 Å². The predicted octanol–water partition coefficient (Wildman–Crippen LogP) is 3.72. The topological polar surface area (TPSA) is 63.0 Å². The molecule has 30 heavy (non-hydrogen) atoms. The van der Waals surface area contributed by atoms with E-state index in [9.17, 15) is 14.0 Å². The fourth-order valence-corrected chi connectivity index (χ4v) is 3.61. The third-order valence-electron chi connectivity index (χ3n) is 5.00. The van der Waals surface area contributed by atoms with E-state index in [-0.39, 0.29) is 35.9 Å². The Kier molecular flexibility index (Phi) is 7.63. The molecule has 162 valence electrons. The molecule has 2 aromatic rings. The van der Waals surface area contributed by atoms with Gasteiger partial charge in [0.05, 0.1) is 18.9 Å². The molecule has 0 bridgehead atoms. The van der Waals surface area contributed by atoms with Crippen molar-refractivity contribution in [1.82, 2.24) is 9.80 Å². The maximum Gasteiger partial charge on any atom is 0.254 e. The Balaban J connectivity index is 1.75. The summed E-state index contributed by atoms with van der Waals surface area (Å²) >= 11 is 0. The average Bonchev–Trinajstić information content (AvgIpc) is 3.40. The van der Waals surface area contributed by atoms with Crippen molar-refractivity contribution in [2.45, 2.75) is 39.3 Å². The number of nitrogens with zero attached hydrogens (tertiary/aromatic N) is 2. The van der Waals surface area contributed by atoms with Crippen LogP contribution in [0, 0.1) is 11.7 Å². The standard InChI is InChI=1S/C23H29FN2O4/c1-17(2)13-26(23(28)18-6-3-7-19(24)12-18)16-22(27)25(14-20-8-4-10-29-20)15-21-9-5-11-30-21/h3-4,6-8,10,12,17,21H,5,9,11,13-16H2,1-2H3/t21-/m0/s1. The largest absolute Gasteiger partial charge is 0.467 e. The van der Waals surface area contributed by atoms with Crippen LogP contribution in [0.1, 0.15) is 42.8 Å². The molecule has 0 N–H and O–H groups in total. The average molecular weight is 416 g/mol. The summed E-state index contributed by atoms with van der Waals surface area (Å²) in [6, 6.07) is 9.16. The molecule has 3 rings (SSSR count). The van der Waals surface area contributed by atoms with Crippen LogP contribution in [0.4, 0.5) is 4.39 Å². The van der Waals surface area contributed by atoms with E-state index in [1.807, 2.05) is 19.9 Å². The number of hydrogen-bond acceptors (Lipinski definition) is 4. The van der Waals surface area contributed by atoms with Crippen LogP contribution < -0.4 is 0 Å². The Morgan fingerprint density at radius 1 is 1.20 bits per heavy atom. The Bertz CT molecular complexity index is 831. The van der Waals surface area contributed by atoms with Crippen molar-refractivity contribution in [3.05, 3.63) is 59.8 Å². The van der Waals surface area contributed by atoms with Crippen LogP contribution in [0.25, 0.3) is 0 Å². The number of rotatable bonds is 9. The molecule has 0 saturated carbocycles. The van der Waals surface area contributed by atoms with E-state index in [0.717, 1.165) is 12.8 Å². The number of carbonyl (C=O) groups is 2. The predicted molar refractivity (Wildman–Crippen MR) is 110 cm³/mol. The van der Waals surface area contributed by atoms with Crippen LogP contribution >= 0.6 is 0 Å². The van der Waals surface area contributed by atoms with Gasteiger partial charge in [0.15, 0.2) is 0 Å². The second-order valence-electron chi connectivity index (χ2n) is 8.08. The normalized spacial score (nSPS) is 16.1. The molecule has 0 spiro atoms. The zero-order valence-electron chi connectivity index (χ0n) is 17.6. The number of halogens is 1. The summed E-state index contributed by atoms with van der Waals surface area (Å²) in [5.74, 6) is -0.186. The molecule has 1 fully saturated rings. The number of ether oxygens (including phenoxy) is 1. The van der Waals surface area contributed by atoms with E-state index < -0.39 is 5.82 Å². The van der Waals surface area contributed by atoms with Gasteiger partial charge in [0.1, 0.15) is 18.1 Å². The molecule has 2 heterocycles. The van der Waals surface area contributed by atoms with Crippen molar-refractivity contribution < 1.29 is 23.1 Å². The van der Waals surface area contributed by atoms with Crippen LogP contribution in [0.3, 0.4) is 0 Å². The van der Waals surface area contributed by atoms with Gasteiger partial charge in [-0.3, -0.25) is 9.59 Å². The van der Waals surface area contributed by atoms with Crippen molar-refractivity contribution in [3.63, 3.8) is 0 Å². The van der Waals surface area contributed by atoms with Gasteiger partial charge in [-0.2, -0.15) is 0 Å². The number of carbonyl (C=O) groups excluding carboxylic acids is 2. The summed E-state index contributed by atoms with van der Waals surface area (Å²) in [6.07, 6.45) is 3.44. The Hall–Kier alpha value is -2.67. The zero-order valence-corrected chi connectivity index (χ0v) is 17.6. The van der Waals surface area contributed by atoms with E-state index in [4.69, 9.17) is 9.15 Å². The fraction of sp³-hybridized carbons (Fsp3) is 0.478.